The summed E-state index contributed by atoms with van der Waals surface area (Å²) in [5, 5.41) is 0.390. The van der Waals surface area contributed by atoms with Crippen molar-refractivity contribution < 1.29 is 9.36 Å². The third-order valence-corrected chi connectivity index (χ3v) is 6.01. The van der Waals surface area contributed by atoms with Gasteiger partial charge in [0.1, 0.15) is 7.14 Å². The molecule has 0 aromatic heterocycles. The Morgan fingerprint density at radius 1 is 1.20 bits per heavy atom. The van der Waals surface area contributed by atoms with Crippen LogP contribution in [0.5, 0.6) is 0 Å². The van der Waals surface area contributed by atoms with Crippen LogP contribution in [0.2, 0.25) is 0 Å². The number of carbonyl (C=O) groups is 1. The Hall–Kier alpha value is -0.360. The van der Waals surface area contributed by atoms with Crippen molar-refractivity contribution in [1.29, 1.82) is 0 Å². The van der Waals surface area contributed by atoms with Gasteiger partial charge in [-0.15, -0.1) is 0 Å². The van der Waals surface area contributed by atoms with Gasteiger partial charge in [0.05, 0.1) is 0 Å². The zero-order valence-electron chi connectivity index (χ0n) is 10.4. The van der Waals surface area contributed by atoms with Gasteiger partial charge in [0.2, 0.25) is 0 Å². The van der Waals surface area contributed by atoms with E-state index in [1.165, 1.54) is 0 Å². The van der Waals surface area contributed by atoms with Crippen LogP contribution in [0, 0.1) is 5.92 Å². The minimum absolute atomic E-state index is 0.0276. The quantitative estimate of drug-likeness (QED) is 0.491. The van der Waals surface area contributed by atoms with Gasteiger partial charge < -0.3 is 4.57 Å². The second kappa shape index (κ2) is 6.27. The highest BCUT2D eigenvalue weighted by molar-refractivity contribution is 7.69. The summed E-state index contributed by atoms with van der Waals surface area (Å²) >= 11 is 0. The Morgan fingerprint density at radius 2 is 1.60 bits per heavy atom. The molecule has 0 amide bonds. The number of Topliss-reactive ketones (excluding diaryl/α,β-unsaturated/α-hetero) is 1. The standard InChI is InChI=1S/C12H23O2P/c1-6-8-15(14,9-7-2)11(5)12(13)10(3)4/h10H,5-9H2,1-4H3. The number of rotatable bonds is 7. The van der Waals surface area contributed by atoms with Gasteiger partial charge in [-0.25, -0.2) is 0 Å². The van der Waals surface area contributed by atoms with Crippen LogP contribution in [0.4, 0.5) is 0 Å². The van der Waals surface area contributed by atoms with Crippen LogP contribution in [0.1, 0.15) is 40.5 Å². The van der Waals surface area contributed by atoms with Crippen LogP contribution in [0.25, 0.3) is 0 Å². The van der Waals surface area contributed by atoms with Gasteiger partial charge in [0.25, 0.3) is 0 Å². The first-order valence-electron chi connectivity index (χ1n) is 5.70. The van der Waals surface area contributed by atoms with Gasteiger partial charge in [-0.1, -0.05) is 34.3 Å². The fourth-order valence-corrected chi connectivity index (χ4v) is 4.51. The van der Waals surface area contributed by atoms with E-state index in [-0.39, 0.29) is 11.7 Å². The van der Waals surface area contributed by atoms with E-state index in [9.17, 15) is 9.36 Å². The van der Waals surface area contributed by atoms with E-state index in [0.717, 1.165) is 12.8 Å². The maximum Gasteiger partial charge on any atom is 0.168 e. The number of carbonyl (C=O) groups excluding carboxylic acids is 1. The smallest absolute Gasteiger partial charge is 0.168 e. The molecule has 0 aliphatic carbocycles. The Labute approximate surface area is 93.5 Å². The molecule has 0 atom stereocenters. The maximum atomic E-state index is 12.5. The molecule has 0 unspecified atom stereocenters. The van der Waals surface area contributed by atoms with E-state index in [2.05, 4.69) is 6.58 Å². The highest BCUT2D eigenvalue weighted by Crippen LogP contribution is 2.54. The van der Waals surface area contributed by atoms with E-state index < -0.39 is 7.14 Å². The lowest BCUT2D eigenvalue weighted by Crippen LogP contribution is -2.12. The molecule has 0 N–H and O–H groups in total. The summed E-state index contributed by atoms with van der Waals surface area (Å²) in [6.07, 6.45) is 2.94. The molecule has 15 heavy (non-hydrogen) atoms. The molecule has 0 heterocycles. The number of ketones is 1. The molecule has 0 spiro atoms. The second-order valence-electron chi connectivity index (χ2n) is 4.30. The molecule has 0 bridgehead atoms. The Bertz CT molecular complexity index is 269. The summed E-state index contributed by atoms with van der Waals surface area (Å²) in [7, 11) is -2.46. The number of allylic oxidation sites excluding steroid dienone is 1. The van der Waals surface area contributed by atoms with Crippen molar-refractivity contribution in [2.24, 2.45) is 5.92 Å². The molecule has 0 rings (SSSR count). The van der Waals surface area contributed by atoms with Gasteiger partial charge in [0.15, 0.2) is 5.78 Å². The summed E-state index contributed by atoms with van der Waals surface area (Å²) in [5.41, 5.74) is 0. The lowest BCUT2D eigenvalue weighted by molar-refractivity contribution is -0.117. The van der Waals surface area contributed by atoms with Crippen molar-refractivity contribution >= 4 is 12.9 Å². The zero-order chi connectivity index (χ0) is 12.1. The topological polar surface area (TPSA) is 34.1 Å². The Kier molecular flexibility index (Phi) is 6.12. The highest BCUT2D eigenvalue weighted by atomic mass is 31.2. The summed E-state index contributed by atoms with van der Waals surface area (Å²) in [6.45, 7) is 11.4. The van der Waals surface area contributed by atoms with E-state index in [1.807, 2.05) is 27.7 Å². The van der Waals surface area contributed by atoms with Crippen LogP contribution >= 0.6 is 7.14 Å². The summed E-state index contributed by atoms with van der Waals surface area (Å²) in [5.74, 6) is -0.125. The minimum Gasteiger partial charge on any atom is -0.319 e. The number of hydrogen-bond acceptors (Lipinski definition) is 2. The third kappa shape index (κ3) is 3.95. The van der Waals surface area contributed by atoms with E-state index in [0.29, 0.717) is 17.6 Å². The van der Waals surface area contributed by atoms with E-state index in [1.54, 1.807) is 0 Å². The average Bonchev–Trinajstić information content (AvgIpc) is 2.16. The zero-order valence-corrected chi connectivity index (χ0v) is 11.3. The predicted molar refractivity (Wildman–Crippen MR) is 66.9 cm³/mol. The Morgan fingerprint density at radius 3 is 1.87 bits per heavy atom. The fraction of sp³-hybridized carbons (Fsp3) is 0.750. The number of hydrogen-bond donors (Lipinski definition) is 0. The molecular formula is C12H23O2P. The van der Waals surface area contributed by atoms with Crippen LogP contribution < -0.4 is 0 Å². The molecule has 0 saturated carbocycles. The van der Waals surface area contributed by atoms with Crippen molar-refractivity contribution in [2.75, 3.05) is 12.3 Å². The lowest BCUT2D eigenvalue weighted by atomic mass is 10.1. The molecule has 0 aromatic carbocycles. The molecular weight excluding hydrogens is 207 g/mol. The molecule has 88 valence electrons. The average molecular weight is 230 g/mol. The van der Waals surface area contributed by atoms with Crippen LogP contribution in [-0.4, -0.2) is 18.1 Å². The van der Waals surface area contributed by atoms with Gasteiger partial charge in [-0.3, -0.25) is 4.79 Å². The molecule has 3 heteroatoms. The predicted octanol–water partition coefficient (Wildman–Crippen LogP) is 3.91. The molecule has 0 aromatic rings. The van der Waals surface area contributed by atoms with Crippen molar-refractivity contribution in [2.45, 2.75) is 40.5 Å². The minimum atomic E-state index is -2.46. The highest BCUT2D eigenvalue weighted by Gasteiger charge is 2.29. The fourth-order valence-electron chi connectivity index (χ4n) is 1.64. The van der Waals surface area contributed by atoms with E-state index >= 15 is 0 Å². The maximum absolute atomic E-state index is 12.5. The SMILES string of the molecule is C=C(C(=O)C(C)C)P(=O)(CCC)CCC. The first-order valence-corrected chi connectivity index (χ1v) is 7.78. The summed E-state index contributed by atoms with van der Waals surface area (Å²) in [4.78, 5) is 11.8. The van der Waals surface area contributed by atoms with Gasteiger partial charge >= 0.3 is 0 Å². The monoisotopic (exact) mass is 230 g/mol. The lowest BCUT2D eigenvalue weighted by Gasteiger charge is -2.19. The van der Waals surface area contributed by atoms with Crippen LogP contribution in [0.3, 0.4) is 0 Å². The first-order chi connectivity index (χ1) is 6.89. The van der Waals surface area contributed by atoms with Gasteiger partial charge in [0, 0.05) is 23.6 Å². The summed E-state index contributed by atoms with van der Waals surface area (Å²) in [6, 6.07) is 0. The summed E-state index contributed by atoms with van der Waals surface area (Å²) < 4.78 is 12.5. The molecule has 0 saturated heterocycles. The molecule has 0 aliphatic rings. The third-order valence-electron chi connectivity index (χ3n) is 2.47. The molecule has 2 nitrogen and oxygen atoms in total. The van der Waals surface area contributed by atoms with Crippen LogP contribution in [0.15, 0.2) is 11.9 Å². The second-order valence-corrected chi connectivity index (χ2v) is 7.52. The van der Waals surface area contributed by atoms with Gasteiger partial charge in [-0.2, -0.15) is 0 Å². The van der Waals surface area contributed by atoms with Crippen molar-refractivity contribution in [3.63, 3.8) is 0 Å². The van der Waals surface area contributed by atoms with Crippen LogP contribution in [-0.2, 0) is 9.36 Å². The molecule has 0 fully saturated rings. The van der Waals surface area contributed by atoms with Crippen molar-refractivity contribution in [1.82, 2.24) is 0 Å². The van der Waals surface area contributed by atoms with E-state index in [4.69, 9.17) is 0 Å². The first kappa shape index (κ1) is 14.6. The van der Waals surface area contributed by atoms with Gasteiger partial charge in [-0.05, 0) is 12.8 Å². The van der Waals surface area contributed by atoms with Crippen molar-refractivity contribution in [3.05, 3.63) is 11.9 Å². The largest absolute Gasteiger partial charge is 0.319 e. The Balaban J connectivity index is 4.85. The molecule has 0 aliphatic heterocycles. The normalized spacial score (nSPS) is 11.8. The van der Waals surface area contributed by atoms with Crippen molar-refractivity contribution in [3.8, 4) is 0 Å². The molecule has 0 radical (unpaired) electrons.